The van der Waals surface area contributed by atoms with Gasteiger partial charge in [-0.3, -0.25) is 4.79 Å². The van der Waals surface area contributed by atoms with Crippen LogP contribution in [0.5, 0.6) is 0 Å². The third-order valence-corrected chi connectivity index (χ3v) is 4.07. The third-order valence-electron chi connectivity index (χ3n) is 3.09. The topological polar surface area (TPSA) is 38.3 Å². The van der Waals surface area contributed by atoms with Gasteiger partial charge in [0, 0.05) is 19.1 Å². The van der Waals surface area contributed by atoms with Crippen molar-refractivity contribution in [2.75, 3.05) is 25.2 Å². The van der Waals surface area contributed by atoms with E-state index in [2.05, 4.69) is 5.32 Å². The molecule has 1 aliphatic rings. The molecule has 3 nitrogen and oxygen atoms in total. The standard InChI is InChI=1S/C12H23NO2S/c1-11(2,3)10(14)13-9-12(15-4)5-7-16-8-6-12/h5-9H2,1-4H3,(H,13,14). The normalized spacial score (nSPS) is 20.5. The smallest absolute Gasteiger partial charge is 0.225 e. The zero-order valence-electron chi connectivity index (χ0n) is 10.8. The number of rotatable bonds is 3. The van der Waals surface area contributed by atoms with Crippen molar-refractivity contribution in [1.29, 1.82) is 0 Å². The van der Waals surface area contributed by atoms with Crippen LogP contribution in [0.1, 0.15) is 33.6 Å². The molecular weight excluding hydrogens is 222 g/mol. The van der Waals surface area contributed by atoms with Gasteiger partial charge in [-0.05, 0) is 24.3 Å². The average Bonchev–Trinajstić information content (AvgIpc) is 2.26. The maximum atomic E-state index is 11.8. The first-order valence-corrected chi connectivity index (χ1v) is 6.96. The van der Waals surface area contributed by atoms with Crippen molar-refractivity contribution in [1.82, 2.24) is 5.32 Å². The van der Waals surface area contributed by atoms with Crippen LogP contribution in [0.25, 0.3) is 0 Å². The maximum absolute atomic E-state index is 11.8. The highest BCUT2D eigenvalue weighted by Gasteiger charge is 2.33. The number of carbonyl (C=O) groups excluding carboxylic acids is 1. The Morgan fingerprint density at radius 2 is 1.94 bits per heavy atom. The Balaban J connectivity index is 2.48. The molecule has 0 aliphatic carbocycles. The van der Waals surface area contributed by atoms with Gasteiger partial charge in [0.2, 0.25) is 5.91 Å². The van der Waals surface area contributed by atoms with Gasteiger partial charge in [0.05, 0.1) is 5.60 Å². The second-order valence-electron chi connectivity index (χ2n) is 5.43. The molecule has 16 heavy (non-hydrogen) atoms. The van der Waals surface area contributed by atoms with Crippen molar-refractivity contribution in [2.24, 2.45) is 5.41 Å². The van der Waals surface area contributed by atoms with Crippen LogP contribution in [0.2, 0.25) is 0 Å². The SMILES string of the molecule is COC1(CNC(=O)C(C)(C)C)CCSCC1. The highest BCUT2D eigenvalue weighted by Crippen LogP contribution is 2.29. The molecule has 0 aromatic carbocycles. The van der Waals surface area contributed by atoms with Crippen molar-refractivity contribution in [3.05, 3.63) is 0 Å². The lowest BCUT2D eigenvalue weighted by Gasteiger charge is -2.36. The minimum atomic E-state index is -0.321. The highest BCUT2D eigenvalue weighted by molar-refractivity contribution is 7.99. The van der Waals surface area contributed by atoms with Gasteiger partial charge < -0.3 is 10.1 Å². The molecular formula is C12H23NO2S. The molecule has 0 radical (unpaired) electrons. The van der Waals surface area contributed by atoms with Crippen LogP contribution in [-0.4, -0.2) is 36.7 Å². The predicted octanol–water partition coefficient (Wildman–Crippen LogP) is 2.06. The summed E-state index contributed by atoms with van der Waals surface area (Å²) < 4.78 is 5.61. The van der Waals surface area contributed by atoms with E-state index in [1.807, 2.05) is 32.5 Å². The van der Waals surface area contributed by atoms with E-state index in [4.69, 9.17) is 4.74 Å². The van der Waals surface area contributed by atoms with Crippen LogP contribution < -0.4 is 5.32 Å². The largest absolute Gasteiger partial charge is 0.376 e. The zero-order chi connectivity index (χ0) is 12.2. The molecule has 1 aliphatic heterocycles. The first-order valence-electron chi connectivity index (χ1n) is 5.81. The molecule has 1 amide bonds. The number of carbonyl (C=O) groups is 1. The van der Waals surface area contributed by atoms with Crippen molar-refractivity contribution in [3.63, 3.8) is 0 Å². The van der Waals surface area contributed by atoms with E-state index in [0.29, 0.717) is 6.54 Å². The maximum Gasteiger partial charge on any atom is 0.225 e. The lowest BCUT2D eigenvalue weighted by Crippen LogP contribution is -2.49. The van der Waals surface area contributed by atoms with Gasteiger partial charge in [-0.2, -0.15) is 11.8 Å². The molecule has 4 heteroatoms. The molecule has 0 spiro atoms. The third kappa shape index (κ3) is 3.67. The minimum absolute atomic E-state index is 0.0992. The Morgan fingerprint density at radius 1 is 1.38 bits per heavy atom. The monoisotopic (exact) mass is 245 g/mol. The minimum Gasteiger partial charge on any atom is -0.376 e. The van der Waals surface area contributed by atoms with Gasteiger partial charge in [-0.15, -0.1) is 0 Å². The first kappa shape index (κ1) is 13.8. The van der Waals surface area contributed by atoms with E-state index in [-0.39, 0.29) is 16.9 Å². The van der Waals surface area contributed by atoms with Crippen molar-refractivity contribution < 1.29 is 9.53 Å². The molecule has 94 valence electrons. The van der Waals surface area contributed by atoms with Gasteiger partial charge >= 0.3 is 0 Å². The van der Waals surface area contributed by atoms with Gasteiger partial charge in [0.25, 0.3) is 0 Å². The molecule has 1 heterocycles. The lowest BCUT2D eigenvalue weighted by molar-refractivity contribution is -0.130. The molecule has 0 unspecified atom stereocenters. The molecule has 1 N–H and O–H groups in total. The second-order valence-corrected chi connectivity index (χ2v) is 6.66. The van der Waals surface area contributed by atoms with E-state index in [9.17, 15) is 4.79 Å². The summed E-state index contributed by atoms with van der Waals surface area (Å²) >= 11 is 1.96. The van der Waals surface area contributed by atoms with Crippen LogP contribution >= 0.6 is 11.8 Å². The van der Waals surface area contributed by atoms with E-state index in [1.54, 1.807) is 7.11 Å². The summed E-state index contributed by atoms with van der Waals surface area (Å²) in [6.07, 6.45) is 2.05. The summed E-state index contributed by atoms with van der Waals surface area (Å²) in [4.78, 5) is 11.8. The second kappa shape index (κ2) is 5.41. The number of nitrogens with one attached hydrogen (secondary N) is 1. The summed E-state index contributed by atoms with van der Waals surface area (Å²) in [5.74, 6) is 2.35. The number of hydrogen-bond acceptors (Lipinski definition) is 3. The number of hydrogen-bond donors (Lipinski definition) is 1. The molecule has 1 saturated heterocycles. The number of amides is 1. The molecule has 1 fully saturated rings. The predicted molar refractivity (Wildman–Crippen MR) is 68.8 cm³/mol. The lowest BCUT2D eigenvalue weighted by atomic mass is 9.93. The number of thioether (sulfide) groups is 1. The summed E-state index contributed by atoms with van der Waals surface area (Å²) in [5.41, 5.74) is -0.454. The fourth-order valence-corrected chi connectivity index (χ4v) is 2.94. The number of ether oxygens (including phenoxy) is 1. The Bertz CT molecular complexity index is 242. The molecule has 0 saturated carbocycles. The number of methoxy groups -OCH3 is 1. The Hall–Kier alpha value is -0.220. The van der Waals surface area contributed by atoms with E-state index in [1.165, 1.54) is 0 Å². The fraction of sp³-hybridized carbons (Fsp3) is 0.917. The summed E-state index contributed by atoms with van der Waals surface area (Å²) in [5, 5.41) is 3.01. The Kier molecular flexibility index (Phi) is 4.68. The van der Waals surface area contributed by atoms with Gasteiger partial charge in [0.1, 0.15) is 0 Å². The van der Waals surface area contributed by atoms with Crippen LogP contribution in [0.4, 0.5) is 0 Å². The van der Waals surface area contributed by atoms with Crippen LogP contribution in [-0.2, 0) is 9.53 Å². The summed E-state index contributed by atoms with van der Waals surface area (Å²) in [7, 11) is 1.75. The van der Waals surface area contributed by atoms with Gasteiger partial charge in [0.15, 0.2) is 0 Å². The van der Waals surface area contributed by atoms with Crippen molar-refractivity contribution in [2.45, 2.75) is 39.2 Å². The zero-order valence-corrected chi connectivity index (χ0v) is 11.6. The Labute approximate surface area is 103 Å². The first-order chi connectivity index (χ1) is 7.40. The molecule has 0 bridgehead atoms. The van der Waals surface area contributed by atoms with E-state index >= 15 is 0 Å². The van der Waals surface area contributed by atoms with Crippen LogP contribution in [0.3, 0.4) is 0 Å². The van der Waals surface area contributed by atoms with Crippen molar-refractivity contribution >= 4 is 17.7 Å². The fourth-order valence-electron chi connectivity index (χ4n) is 1.70. The van der Waals surface area contributed by atoms with Crippen LogP contribution in [0.15, 0.2) is 0 Å². The quantitative estimate of drug-likeness (QED) is 0.827. The van der Waals surface area contributed by atoms with E-state index < -0.39 is 0 Å². The Morgan fingerprint density at radius 3 is 2.38 bits per heavy atom. The summed E-state index contributed by atoms with van der Waals surface area (Å²) in [6.45, 7) is 6.43. The van der Waals surface area contributed by atoms with Crippen molar-refractivity contribution in [3.8, 4) is 0 Å². The highest BCUT2D eigenvalue weighted by atomic mass is 32.2. The van der Waals surface area contributed by atoms with E-state index in [0.717, 1.165) is 24.3 Å². The molecule has 0 aromatic heterocycles. The molecule has 1 rings (SSSR count). The van der Waals surface area contributed by atoms with Gasteiger partial charge in [-0.25, -0.2) is 0 Å². The molecule has 0 atom stereocenters. The summed E-state index contributed by atoms with van der Waals surface area (Å²) in [6, 6.07) is 0. The van der Waals surface area contributed by atoms with Crippen LogP contribution in [0, 0.1) is 5.41 Å². The van der Waals surface area contributed by atoms with Gasteiger partial charge in [-0.1, -0.05) is 20.8 Å². The molecule has 0 aromatic rings. The average molecular weight is 245 g/mol.